The van der Waals surface area contributed by atoms with Gasteiger partial charge in [0.2, 0.25) is 0 Å². The Bertz CT molecular complexity index is 892. The van der Waals surface area contributed by atoms with Crippen molar-refractivity contribution in [2.24, 2.45) is 0 Å². The zero-order valence-corrected chi connectivity index (χ0v) is 13.6. The van der Waals surface area contributed by atoms with Crippen molar-refractivity contribution in [2.45, 2.75) is 11.5 Å². The second-order valence-corrected chi connectivity index (χ2v) is 6.25. The normalized spacial score (nSPS) is 10.7. The van der Waals surface area contributed by atoms with Gasteiger partial charge in [0.25, 0.3) is 0 Å². The molecule has 0 heterocycles. The molecule has 5 heteroatoms. The third-order valence-electron chi connectivity index (χ3n) is 3.59. The number of thiol groups is 1. The fourth-order valence-electron chi connectivity index (χ4n) is 2.38. The Hall–Kier alpha value is -2.79. The molecule has 1 N–H and O–H groups in total. The quantitative estimate of drug-likeness (QED) is 0.697. The van der Waals surface area contributed by atoms with Gasteiger partial charge < -0.3 is 9.84 Å². The molecule has 0 atom stereocenters. The van der Waals surface area contributed by atoms with Crippen LogP contribution in [-0.4, -0.2) is 13.5 Å². The highest BCUT2D eigenvalue weighted by atomic mass is 32.2. The molecule has 0 saturated carbocycles. The van der Waals surface area contributed by atoms with Gasteiger partial charge in [-0.2, -0.15) is 0 Å². The number of aromatic hydroxyl groups is 1. The van der Waals surface area contributed by atoms with E-state index >= 15 is 0 Å². The zero-order chi connectivity index (χ0) is 16.9. The number of rotatable bonds is 5. The number of ether oxygens (including phenoxy) is 1. The van der Waals surface area contributed by atoms with Gasteiger partial charge in [-0.05, 0) is 41.5 Å². The fourth-order valence-corrected chi connectivity index (χ4v) is 2.96. The van der Waals surface area contributed by atoms with Crippen LogP contribution in [0.25, 0.3) is 11.1 Å². The van der Waals surface area contributed by atoms with Crippen LogP contribution in [0.15, 0.2) is 77.7 Å². The molecule has 0 aliphatic heterocycles. The molecule has 24 heavy (non-hydrogen) atoms. The highest BCUT2D eigenvalue weighted by Crippen LogP contribution is 2.30. The van der Waals surface area contributed by atoms with Crippen LogP contribution < -0.4 is 4.74 Å². The van der Waals surface area contributed by atoms with E-state index < -0.39 is 10.7 Å². The first-order chi connectivity index (χ1) is 11.6. The average Bonchev–Trinajstić information content (AvgIpc) is 2.61. The predicted octanol–water partition coefficient (Wildman–Crippen LogP) is 3.61. The van der Waals surface area contributed by atoms with E-state index in [4.69, 9.17) is 4.74 Å². The highest BCUT2D eigenvalue weighted by Gasteiger charge is 2.10. The summed E-state index contributed by atoms with van der Waals surface area (Å²) in [6, 6.07) is 21.0. The lowest BCUT2D eigenvalue weighted by Crippen LogP contribution is -1.96. The van der Waals surface area contributed by atoms with Crippen molar-refractivity contribution in [2.75, 3.05) is 0 Å². The van der Waals surface area contributed by atoms with Gasteiger partial charge in [0.05, 0.1) is 4.90 Å². The van der Waals surface area contributed by atoms with Crippen LogP contribution in [-0.2, 0) is 17.3 Å². The van der Waals surface area contributed by atoms with Crippen molar-refractivity contribution < 1.29 is 18.3 Å². The summed E-state index contributed by atoms with van der Waals surface area (Å²) in [4.78, 5) is 0.225. The lowest BCUT2D eigenvalue weighted by molar-refractivity contribution is 0.306. The molecular formula is C19H16O4S. The second-order valence-electron chi connectivity index (χ2n) is 5.26. The van der Waals surface area contributed by atoms with E-state index in [1.54, 1.807) is 24.3 Å². The molecule has 3 rings (SSSR count). The summed E-state index contributed by atoms with van der Waals surface area (Å²) in [5.74, 6) is 0.714. The van der Waals surface area contributed by atoms with Gasteiger partial charge in [-0.15, -0.1) is 0 Å². The summed E-state index contributed by atoms with van der Waals surface area (Å²) in [6.45, 7) is 0.402. The predicted molar refractivity (Wildman–Crippen MR) is 92.9 cm³/mol. The molecule has 0 bridgehead atoms. The minimum absolute atomic E-state index is 0.128. The number of hydrogen-bond donors (Lipinski definition) is 2. The molecule has 0 fully saturated rings. The lowest BCUT2D eigenvalue weighted by atomic mass is 10.1. The molecular weight excluding hydrogens is 324 g/mol. The number of phenolic OH excluding ortho intramolecular Hbond substituents is 1. The number of benzene rings is 3. The molecule has 0 unspecified atom stereocenters. The van der Waals surface area contributed by atoms with Crippen LogP contribution in [0.1, 0.15) is 5.56 Å². The lowest BCUT2D eigenvalue weighted by Gasteiger charge is -2.10. The Morgan fingerprint density at radius 3 is 2.25 bits per heavy atom. The third-order valence-corrected chi connectivity index (χ3v) is 4.37. The van der Waals surface area contributed by atoms with Gasteiger partial charge in [0, 0.05) is 5.56 Å². The SMILES string of the molecule is O=[SH](=O)c1ccc(OCc2ccccc2)cc1-c1ccc(O)cc1. The standard InChI is InChI=1S/C19H16O4S/c20-16-8-6-15(7-9-16)18-12-17(10-11-19(18)24(21)22)23-13-14-4-2-1-3-5-14/h1-12,20,24H,13H2. The zero-order valence-electron chi connectivity index (χ0n) is 12.8. The van der Waals surface area contributed by atoms with Crippen molar-refractivity contribution in [1.29, 1.82) is 0 Å². The maximum Gasteiger partial charge on any atom is 0.168 e. The Kier molecular flexibility index (Phi) is 4.82. The van der Waals surface area contributed by atoms with Gasteiger partial charge in [-0.3, -0.25) is 0 Å². The summed E-state index contributed by atoms with van der Waals surface area (Å²) in [5, 5.41) is 9.40. The van der Waals surface area contributed by atoms with E-state index in [0.29, 0.717) is 23.5 Å². The molecule has 0 aliphatic rings. The van der Waals surface area contributed by atoms with E-state index in [2.05, 4.69) is 0 Å². The van der Waals surface area contributed by atoms with Crippen molar-refractivity contribution in [3.05, 3.63) is 78.4 Å². The minimum Gasteiger partial charge on any atom is -0.508 e. The van der Waals surface area contributed by atoms with Crippen molar-refractivity contribution in [3.63, 3.8) is 0 Å². The minimum atomic E-state index is -2.73. The molecule has 3 aromatic rings. The van der Waals surface area contributed by atoms with Crippen LogP contribution in [0, 0.1) is 0 Å². The monoisotopic (exact) mass is 340 g/mol. The van der Waals surface area contributed by atoms with E-state index in [0.717, 1.165) is 5.56 Å². The molecule has 122 valence electrons. The van der Waals surface area contributed by atoms with E-state index in [1.165, 1.54) is 18.2 Å². The summed E-state index contributed by atoms with van der Waals surface area (Å²) in [6.07, 6.45) is 0. The van der Waals surface area contributed by atoms with Gasteiger partial charge in [-0.1, -0.05) is 42.5 Å². The number of phenols is 1. The second kappa shape index (κ2) is 7.19. The van der Waals surface area contributed by atoms with Crippen molar-refractivity contribution in [1.82, 2.24) is 0 Å². The number of hydrogen-bond acceptors (Lipinski definition) is 4. The van der Waals surface area contributed by atoms with Crippen LogP contribution in [0.2, 0.25) is 0 Å². The Labute approximate surface area is 141 Å². The van der Waals surface area contributed by atoms with E-state index in [-0.39, 0.29) is 10.6 Å². The third kappa shape index (κ3) is 3.75. The first-order valence-corrected chi connectivity index (χ1v) is 8.56. The molecule has 3 aromatic carbocycles. The Morgan fingerprint density at radius 2 is 1.58 bits per heavy atom. The summed E-state index contributed by atoms with van der Waals surface area (Å²) >= 11 is 0. The van der Waals surface area contributed by atoms with Gasteiger partial charge in [0.1, 0.15) is 18.1 Å². The molecule has 0 radical (unpaired) electrons. The smallest absolute Gasteiger partial charge is 0.168 e. The summed E-state index contributed by atoms with van der Waals surface area (Å²) in [7, 11) is -2.73. The van der Waals surface area contributed by atoms with Crippen LogP contribution in [0.4, 0.5) is 0 Å². The maximum absolute atomic E-state index is 11.5. The largest absolute Gasteiger partial charge is 0.508 e. The van der Waals surface area contributed by atoms with E-state index in [1.807, 2.05) is 30.3 Å². The molecule has 0 spiro atoms. The van der Waals surface area contributed by atoms with Gasteiger partial charge in [0.15, 0.2) is 10.7 Å². The molecule has 0 saturated heterocycles. The topological polar surface area (TPSA) is 63.6 Å². The average molecular weight is 340 g/mol. The fraction of sp³-hybridized carbons (Fsp3) is 0.0526. The van der Waals surface area contributed by atoms with Crippen molar-refractivity contribution in [3.8, 4) is 22.6 Å². The van der Waals surface area contributed by atoms with Crippen LogP contribution in [0.5, 0.6) is 11.5 Å². The van der Waals surface area contributed by atoms with Crippen LogP contribution in [0.3, 0.4) is 0 Å². The van der Waals surface area contributed by atoms with E-state index in [9.17, 15) is 13.5 Å². The molecule has 4 nitrogen and oxygen atoms in total. The van der Waals surface area contributed by atoms with Gasteiger partial charge >= 0.3 is 0 Å². The highest BCUT2D eigenvalue weighted by molar-refractivity contribution is 7.72. The first-order valence-electron chi connectivity index (χ1n) is 7.38. The summed E-state index contributed by atoms with van der Waals surface area (Å²) < 4.78 is 28.8. The Balaban J connectivity index is 1.92. The maximum atomic E-state index is 11.5. The molecule has 0 amide bonds. The molecule has 0 aromatic heterocycles. The Morgan fingerprint density at radius 1 is 0.875 bits per heavy atom. The van der Waals surface area contributed by atoms with Crippen LogP contribution >= 0.6 is 0 Å². The summed E-state index contributed by atoms with van der Waals surface area (Å²) in [5.41, 5.74) is 2.28. The molecule has 0 aliphatic carbocycles. The first kappa shape index (κ1) is 16.1. The van der Waals surface area contributed by atoms with Gasteiger partial charge in [-0.25, -0.2) is 8.42 Å². The van der Waals surface area contributed by atoms with Crippen molar-refractivity contribution >= 4 is 10.7 Å².